The summed E-state index contributed by atoms with van der Waals surface area (Å²) in [5, 5.41) is 3.39. The van der Waals surface area contributed by atoms with Crippen LogP contribution >= 0.6 is 0 Å². The first kappa shape index (κ1) is 13.4. The number of ether oxygens (including phenoxy) is 2. The van der Waals surface area contributed by atoms with Crippen LogP contribution in [0.5, 0.6) is 5.75 Å². The van der Waals surface area contributed by atoms with Gasteiger partial charge in [0.2, 0.25) is 0 Å². The van der Waals surface area contributed by atoms with E-state index in [0.717, 1.165) is 25.2 Å². The molecule has 18 heavy (non-hydrogen) atoms. The molecule has 0 radical (unpaired) electrons. The van der Waals surface area contributed by atoms with Gasteiger partial charge < -0.3 is 14.8 Å². The van der Waals surface area contributed by atoms with Crippen LogP contribution < -0.4 is 10.1 Å². The standard InChI is InChI=1S/C15H23NO2/c1-16-14(15-8-3-4-9-18-15)11-12-6-5-7-13(10-12)17-2/h5-7,10,14-16H,3-4,8-9,11H2,1-2H3. The lowest BCUT2D eigenvalue weighted by molar-refractivity contribution is -0.00588. The first-order chi connectivity index (χ1) is 8.83. The van der Waals surface area contributed by atoms with Gasteiger partial charge in [-0.1, -0.05) is 12.1 Å². The van der Waals surface area contributed by atoms with Crippen LogP contribution in [-0.2, 0) is 11.2 Å². The number of hydrogen-bond acceptors (Lipinski definition) is 3. The lowest BCUT2D eigenvalue weighted by Crippen LogP contribution is -2.42. The van der Waals surface area contributed by atoms with Gasteiger partial charge in [-0.25, -0.2) is 0 Å². The fourth-order valence-corrected chi connectivity index (χ4v) is 2.56. The Kier molecular flexibility index (Phi) is 5.02. The van der Waals surface area contributed by atoms with E-state index in [1.165, 1.54) is 18.4 Å². The molecule has 1 N–H and O–H groups in total. The summed E-state index contributed by atoms with van der Waals surface area (Å²) in [7, 11) is 3.72. The molecule has 2 unspecified atom stereocenters. The van der Waals surface area contributed by atoms with Gasteiger partial charge in [0.05, 0.1) is 13.2 Å². The van der Waals surface area contributed by atoms with E-state index in [-0.39, 0.29) is 0 Å². The van der Waals surface area contributed by atoms with E-state index in [0.29, 0.717) is 12.1 Å². The number of hydrogen-bond donors (Lipinski definition) is 1. The van der Waals surface area contributed by atoms with Crippen LogP contribution in [0.1, 0.15) is 24.8 Å². The van der Waals surface area contributed by atoms with E-state index >= 15 is 0 Å². The number of likely N-dealkylation sites (N-methyl/N-ethyl adjacent to an activating group) is 1. The maximum atomic E-state index is 5.87. The molecule has 0 amide bonds. The number of nitrogens with one attached hydrogen (secondary N) is 1. The maximum absolute atomic E-state index is 5.87. The molecule has 1 fully saturated rings. The van der Waals surface area contributed by atoms with Gasteiger partial charge in [-0.05, 0) is 50.4 Å². The minimum Gasteiger partial charge on any atom is -0.497 e. The Morgan fingerprint density at radius 2 is 2.33 bits per heavy atom. The summed E-state index contributed by atoms with van der Waals surface area (Å²) in [5.74, 6) is 0.923. The summed E-state index contributed by atoms with van der Waals surface area (Å²) in [5.41, 5.74) is 1.29. The van der Waals surface area contributed by atoms with Crippen LogP contribution in [-0.4, -0.2) is 32.9 Å². The highest BCUT2D eigenvalue weighted by atomic mass is 16.5. The van der Waals surface area contributed by atoms with Gasteiger partial charge in [0.25, 0.3) is 0 Å². The van der Waals surface area contributed by atoms with Crippen molar-refractivity contribution in [1.82, 2.24) is 5.32 Å². The molecule has 0 aromatic heterocycles. The van der Waals surface area contributed by atoms with Crippen LogP contribution in [0.3, 0.4) is 0 Å². The lowest BCUT2D eigenvalue weighted by atomic mass is 9.96. The van der Waals surface area contributed by atoms with E-state index in [1.807, 2.05) is 19.2 Å². The Hall–Kier alpha value is -1.06. The zero-order valence-corrected chi connectivity index (χ0v) is 11.3. The van der Waals surface area contributed by atoms with Crippen molar-refractivity contribution < 1.29 is 9.47 Å². The molecule has 1 heterocycles. The summed E-state index contributed by atoms with van der Waals surface area (Å²) in [4.78, 5) is 0. The Balaban J connectivity index is 1.99. The second kappa shape index (κ2) is 6.76. The third-order valence-electron chi connectivity index (χ3n) is 3.62. The molecule has 0 aliphatic carbocycles. The Bertz CT molecular complexity index is 361. The van der Waals surface area contributed by atoms with Crippen molar-refractivity contribution in [2.24, 2.45) is 0 Å². The van der Waals surface area contributed by atoms with Gasteiger partial charge in [0.15, 0.2) is 0 Å². The molecule has 3 heteroatoms. The third-order valence-corrected chi connectivity index (χ3v) is 3.62. The monoisotopic (exact) mass is 249 g/mol. The average molecular weight is 249 g/mol. The number of benzene rings is 1. The third kappa shape index (κ3) is 3.47. The summed E-state index contributed by atoms with van der Waals surface area (Å²) < 4.78 is 11.1. The van der Waals surface area contributed by atoms with Crippen LogP contribution in [0.15, 0.2) is 24.3 Å². The molecule has 0 spiro atoms. The van der Waals surface area contributed by atoms with Crippen molar-refractivity contribution in [2.75, 3.05) is 20.8 Å². The van der Waals surface area contributed by atoms with Crippen LogP contribution in [0.25, 0.3) is 0 Å². The van der Waals surface area contributed by atoms with Crippen LogP contribution in [0.4, 0.5) is 0 Å². The highest BCUT2D eigenvalue weighted by Crippen LogP contribution is 2.20. The predicted octanol–water partition coefficient (Wildman–Crippen LogP) is 2.39. The molecule has 1 aromatic rings. The highest BCUT2D eigenvalue weighted by molar-refractivity contribution is 5.29. The molecule has 1 saturated heterocycles. The second-order valence-corrected chi connectivity index (χ2v) is 4.86. The van der Waals surface area contributed by atoms with Crippen molar-refractivity contribution in [3.8, 4) is 5.75 Å². The minimum absolute atomic E-state index is 0.343. The largest absolute Gasteiger partial charge is 0.497 e. The SMILES string of the molecule is CNC(Cc1cccc(OC)c1)C1CCCCO1. The van der Waals surface area contributed by atoms with Crippen molar-refractivity contribution in [1.29, 1.82) is 0 Å². The van der Waals surface area contributed by atoms with Crippen LogP contribution in [0, 0.1) is 0 Å². The normalized spacial score (nSPS) is 21.6. The first-order valence-corrected chi connectivity index (χ1v) is 6.75. The van der Waals surface area contributed by atoms with Crippen molar-refractivity contribution in [3.05, 3.63) is 29.8 Å². The lowest BCUT2D eigenvalue weighted by Gasteiger charge is -2.30. The van der Waals surface area contributed by atoms with Crippen molar-refractivity contribution in [3.63, 3.8) is 0 Å². The van der Waals surface area contributed by atoms with Gasteiger partial charge in [-0.15, -0.1) is 0 Å². The van der Waals surface area contributed by atoms with E-state index < -0.39 is 0 Å². The fraction of sp³-hybridized carbons (Fsp3) is 0.600. The molecule has 3 nitrogen and oxygen atoms in total. The Morgan fingerprint density at radius 3 is 3.00 bits per heavy atom. The van der Waals surface area contributed by atoms with Gasteiger partial charge in [0.1, 0.15) is 5.75 Å². The average Bonchev–Trinajstić information content (AvgIpc) is 2.46. The predicted molar refractivity (Wildman–Crippen MR) is 73.1 cm³/mol. The topological polar surface area (TPSA) is 30.5 Å². The molecule has 2 rings (SSSR count). The molecular weight excluding hydrogens is 226 g/mol. The molecule has 2 atom stereocenters. The Morgan fingerprint density at radius 1 is 1.44 bits per heavy atom. The summed E-state index contributed by atoms with van der Waals surface area (Å²) in [6.45, 7) is 0.904. The first-order valence-electron chi connectivity index (χ1n) is 6.75. The van der Waals surface area contributed by atoms with E-state index in [2.05, 4.69) is 17.4 Å². The highest BCUT2D eigenvalue weighted by Gasteiger charge is 2.23. The smallest absolute Gasteiger partial charge is 0.119 e. The van der Waals surface area contributed by atoms with E-state index in [9.17, 15) is 0 Å². The summed E-state index contributed by atoms with van der Waals surface area (Å²) in [6.07, 6.45) is 4.97. The van der Waals surface area contributed by atoms with Gasteiger partial charge in [-0.2, -0.15) is 0 Å². The van der Waals surface area contributed by atoms with Gasteiger partial charge in [0, 0.05) is 12.6 Å². The second-order valence-electron chi connectivity index (χ2n) is 4.86. The molecule has 1 aliphatic rings. The van der Waals surface area contributed by atoms with E-state index in [1.54, 1.807) is 7.11 Å². The van der Waals surface area contributed by atoms with Gasteiger partial charge >= 0.3 is 0 Å². The summed E-state index contributed by atoms with van der Waals surface area (Å²) in [6, 6.07) is 8.66. The van der Waals surface area contributed by atoms with Crippen LogP contribution in [0.2, 0.25) is 0 Å². The molecule has 100 valence electrons. The minimum atomic E-state index is 0.343. The van der Waals surface area contributed by atoms with Crippen molar-refractivity contribution >= 4 is 0 Å². The molecule has 1 aromatic carbocycles. The summed E-state index contributed by atoms with van der Waals surface area (Å²) >= 11 is 0. The molecule has 0 saturated carbocycles. The Labute approximate surface area is 109 Å². The number of methoxy groups -OCH3 is 1. The van der Waals surface area contributed by atoms with Gasteiger partial charge in [-0.3, -0.25) is 0 Å². The zero-order chi connectivity index (χ0) is 12.8. The zero-order valence-electron chi connectivity index (χ0n) is 11.3. The van der Waals surface area contributed by atoms with Crippen molar-refractivity contribution in [2.45, 2.75) is 37.8 Å². The molecule has 1 aliphatic heterocycles. The quantitative estimate of drug-likeness (QED) is 0.869. The number of rotatable bonds is 5. The molecule has 0 bridgehead atoms. The van der Waals surface area contributed by atoms with E-state index in [4.69, 9.17) is 9.47 Å². The molecular formula is C15H23NO2. The maximum Gasteiger partial charge on any atom is 0.119 e. The fourth-order valence-electron chi connectivity index (χ4n) is 2.56.